The zero-order valence-electron chi connectivity index (χ0n) is 13.4. The summed E-state index contributed by atoms with van der Waals surface area (Å²) in [6, 6.07) is 2.33. The Morgan fingerprint density at radius 2 is 2.20 bits per heavy atom. The highest BCUT2D eigenvalue weighted by Crippen LogP contribution is 2.31. The summed E-state index contributed by atoms with van der Waals surface area (Å²) in [5, 5.41) is 8.63. The molecular weight excluding hydrogens is 336 g/mol. The van der Waals surface area contributed by atoms with E-state index in [1.54, 1.807) is 4.90 Å². The van der Waals surface area contributed by atoms with Crippen molar-refractivity contribution >= 4 is 22.7 Å². The van der Waals surface area contributed by atoms with E-state index in [0.717, 1.165) is 12.3 Å². The monoisotopic (exact) mass is 353 g/mol. The Labute approximate surface area is 141 Å². The fraction of sp³-hybridized carbons (Fsp3) is 0.375. The van der Waals surface area contributed by atoms with Crippen LogP contribution in [0.4, 0.5) is 19.3 Å². The summed E-state index contributed by atoms with van der Waals surface area (Å²) < 4.78 is 33.2. The Morgan fingerprint density at radius 1 is 1.48 bits per heavy atom. The molecule has 2 heterocycles. The molecule has 7 nitrogen and oxygen atoms in total. The van der Waals surface area contributed by atoms with E-state index in [4.69, 9.17) is 10.8 Å². The van der Waals surface area contributed by atoms with Gasteiger partial charge in [0.25, 0.3) is 0 Å². The number of ether oxygens (including phenoxy) is 1. The first-order valence-corrected chi connectivity index (χ1v) is 7.69. The van der Waals surface area contributed by atoms with Gasteiger partial charge in [-0.05, 0) is 19.1 Å². The van der Waals surface area contributed by atoms with Crippen LogP contribution in [0.25, 0.3) is 10.9 Å². The number of benzene rings is 1. The lowest BCUT2D eigenvalue weighted by molar-refractivity contribution is 0.143. The zero-order valence-corrected chi connectivity index (χ0v) is 13.4. The number of fused-ring (bicyclic) bond motifs is 1. The van der Waals surface area contributed by atoms with Gasteiger partial charge >= 0.3 is 6.16 Å². The molecule has 0 aliphatic carbocycles. The van der Waals surface area contributed by atoms with Gasteiger partial charge in [-0.3, -0.25) is 4.79 Å². The second-order valence-electron chi connectivity index (χ2n) is 5.95. The number of hydrogen-bond acceptors (Lipinski definition) is 5. The predicted molar refractivity (Wildman–Crippen MR) is 87.6 cm³/mol. The molecule has 0 bridgehead atoms. The minimum atomic E-state index is -1.68. The first kappa shape index (κ1) is 17.2. The number of pyridine rings is 1. The van der Waals surface area contributed by atoms with Crippen molar-refractivity contribution in [3.05, 3.63) is 34.4 Å². The minimum Gasteiger partial charge on any atom is -0.449 e. The molecule has 3 rings (SSSR count). The lowest BCUT2D eigenvalue weighted by atomic mass is 9.97. The Balaban J connectivity index is 2.19. The van der Waals surface area contributed by atoms with Crippen LogP contribution >= 0.6 is 0 Å². The predicted octanol–water partition coefficient (Wildman–Crippen LogP) is 1.70. The second kappa shape index (κ2) is 6.32. The maximum Gasteiger partial charge on any atom is 0.511 e. The van der Waals surface area contributed by atoms with Crippen LogP contribution in [0.5, 0.6) is 5.75 Å². The maximum absolute atomic E-state index is 14.5. The minimum absolute atomic E-state index is 0.0667. The third-order valence-corrected chi connectivity index (χ3v) is 4.47. The van der Waals surface area contributed by atoms with Gasteiger partial charge in [0, 0.05) is 18.6 Å². The van der Waals surface area contributed by atoms with E-state index < -0.39 is 29.8 Å². The fourth-order valence-corrected chi connectivity index (χ4v) is 2.99. The van der Waals surface area contributed by atoms with Crippen LogP contribution in [0.3, 0.4) is 0 Å². The summed E-state index contributed by atoms with van der Waals surface area (Å²) >= 11 is 0. The first-order valence-electron chi connectivity index (χ1n) is 7.69. The molecule has 0 spiro atoms. The number of alkyl halides is 1. The van der Waals surface area contributed by atoms with E-state index in [-0.39, 0.29) is 29.7 Å². The van der Waals surface area contributed by atoms with Crippen LogP contribution < -0.4 is 20.8 Å². The van der Waals surface area contributed by atoms with Crippen molar-refractivity contribution in [2.75, 3.05) is 18.1 Å². The van der Waals surface area contributed by atoms with Gasteiger partial charge < -0.3 is 25.0 Å². The molecule has 0 unspecified atom stereocenters. The summed E-state index contributed by atoms with van der Waals surface area (Å²) in [5.41, 5.74) is 5.63. The van der Waals surface area contributed by atoms with Crippen molar-refractivity contribution in [3.63, 3.8) is 0 Å². The third kappa shape index (κ3) is 2.91. The number of rotatable bonds is 4. The van der Waals surface area contributed by atoms with Crippen LogP contribution in [0.2, 0.25) is 0 Å². The lowest BCUT2D eigenvalue weighted by Gasteiger charge is -2.46. The lowest BCUT2D eigenvalue weighted by Crippen LogP contribution is -2.63. The van der Waals surface area contributed by atoms with Crippen LogP contribution in [0, 0.1) is 5.82 Å². The summed E-state index contributed by atoms with van der Waals surface area (Å²) in [6.45, 7) is 1.45. The van der Waals surface area contributed by atoms with Crippen molar-refractivity contribution in [3.8, 4) is 5.75 Å². The van der Waals surface area contributed by atoms with Gasteiger partial charge in [-0.25, -0.2) is 13.6 Å². The normalized spacial score (nSPS) is 19.8. The van der Waals surface area contributed by atoms with Crippen molar-refractivity contribution in [1.82, 2.24) is 4.57 Å². The van der Waals surface area contributed by atoms with Gasteiger partial charge in [0.05, 0.1) is 29.3 Å². The Morgan fingerprint density at radius 3 is 2.76 bits per heavy atom. The molecule has 0 saturated carbocycles. The van der Waals surface area contributed by atoms with E-state index in [2.05, 4.69) is 4.74 Å². The second-order valence-corrected chi connectivity index (χ2v) is 5.95. The highest BCUT2D eigenvalue weighted by molar-refractivity contribution is 5.85. The summed E-state index contributed by atoms with van der Waals surface area (Å²) in [4.78, 5) is 24.8. The molecule has 3 N–H and O–H groups in total. The molecule has 1 aliphatic rings. The quantitative estimate of drug-likeness (QED) is 0.812. The number of carboxylic acid groups (broad SMARTS) is 1. The molecule has 0 radical (unpaired) electrons. The SMILES string of the molecule is C[C@@H]1[C@@H](N)CN1c1cc2c(cc1F)c(=O)c(OC(=O)O)cn2CCF. The van der Waals surface area contributed by atoms with Gasteiger partial charge in [-0.2, -0.15) is 0 Å². The molecule has 134 valence electrons. The van der Waals surface area contributed by atoms with Crippen molar-refractivity contribution in [2.24, 2.45) is 5.73 Å². The molecule has 1 fully saturated rings. The smallest absolute Gasteiger partial charge is 0.449 e. The molecule has 1 aliphatic heterocycles. The van der Waals surface area contributed by atoms with Gasteiger partial charge in [0.1, 0.15) is 12.5 Å². The molecule has 1 saturated heterocycles. The average molecular weight is 353 g/mol. The van der Waals surface area contributed by atoms with E-state index in [0.29, 0.717) is 12.1 Å². The molecule has 9 heteroatoms. The molecule has 1 aromatic carbocycles. The van der Waals surface area contributed by atoms with Gasteiger partial charge in [0.2, 0.25) is 5.43 Å². The number of hydrogen-bond donors (Lipinski definition) is 2. The number of halogens is 2. The first-order chi connectivity index (χ1) is 11.8. The van der Waals surface area contributed by atoms with Gasteiger partial charge in [-0.15, -0.1) is 0 Å². The van der Waals surface area contributed by atoms with Crippen LogP contribution in [0.15, 0.2) is 23.1 Å². The van der Waals surface area contributed by atoms with Gasteiger partial charge in [0.15, 0.2) is 5.75 Å². The zero-order chi connectivity index (χ0) is 18.3. The molecule has 2 aromatic rings. The van der Waals surface area contributed by atoms with E-state index >= 15 is 0 Å². The van der Waals surface area contributed by atoms with Crippen molar-refractivity contribution in [1.29, 1.82) is 0 Å². The number of aromatic nitrogens is 1. The maximum atomic E-state index is 14.5. The van der Waals surface area contributed by atoms with E-state index in [1.807, 2.05) is 6.92 Å². The Bertz CT molecular complexity index is 899. The van der Waals surface area contributed by atoms with E-state index in [9.17, 15) is 18.4 Å². The molecule has 25 heavy (non-hydrogen) atoms. The fourth-order valence-electron chi connectivity index (χ4n) is 2.99. The summed E-state index contributed by atoms with van der Waals surface area (Å²) in [6.07, 6.45) is -0.561. The number of carbonyl (C=O) groups is 1. The van der Waals surface area contributed by atoms with Crippen LogP contribution in [-0.2, 0) is 6.54 Å². The number of aryl methyl sites for hydroxylation is 1. The number of nitrogens with two attached hydrogens (primary N) is 1. The number of anilines is 1. The van der Waals surface area contributed by atoms with Crippen LogP contribution in [0.1, 0.15) is 6.92 Å². The van der Waals surface area contributed by atoms with Crippen LogP contribution in [-0.4, -0.2) is 41.1 Å². The topological polar surface area (TPSA) is 97.8 Å². The molecular formula is C16H17F2N3O4. The third-order valence-electron chi connectivity index (χ3n) is 4.47. The van der Waals surface area contributed by atoms with E-state index in [1.165, 1.54) is 10.6 Å². The van der Waals surface area contributed by atoms with Crippen molar-refractivity contribution < 1.29 is 23.4 Å². The standard InChI is InChI=1S/C16H17F2N3O4/c1-8-11(19)6-21(8)13-5-12-9(4-10(13)18)15(22)14(25-16(23)24)7-20(12)3-2-17/h4-5,7-8,11H,2-3,6,19H2,1H3,(H,23,24)/t8-,11+/m1/s1. The molecule has 2 atom stereocenters. The largest absolute Gasteiger partial charge is 0.511 e. The molecule has 1 aromatic heterocycles. The average Bonchev–Trinajstić information content (AvgIpc) is 2.56. The summed E-state index contributed by atoms with van der Waals surface area (Å²) in [5.74, 6) is -1.14. The highest BCUT2D eigenvalue weighted by Gasteiger charge is 2.34. The van der Waals surface area contributed by atoms with Crippen molar-refractivity contribution in [2.45, 2.75) is 25.6 Å². The van der Waals surface area contributed by atoms with Gasteiger partial charge in [-0.1, -0.05) is 0 Å². The summed E-state index contributed by atoms with van der Waals surface area (Å²) in [7, 11) is 0. The Kier molecular flexibility index (Phi) is 4.34. The number of nitrogens with zero attached hydrogens (tertiary/aromatic N) is 2. The highest BCUT2D eigenvalue weighted by atomic mass is 19.1. The Hall–Kier alpha value is -2.68. The molecule has 0 amide bonds.